The van der Waals surface area contributed by atoms with Crippen LogP contribution in [0.3, 0.4) is 0 Å². The average molecular weight is 544 g/mol. The number of anilines is 1. The molecule has 0 aliphatic rings. The molecule has 8 heteroatoms. The summed E-state index contributed by atoms with van der Waals surface area (Å²) in [5, 5.41) is 1.23. The predicted molar refractivity (Wildman–Crippen MR) is 130 cm³/mol. The molecular weight excluding hydrogens is 521 g/mol. The van der Waals surface area contributed by atoms with Crippen molar-refractivity contribution in [3.8, 4) is 5.75 Å². The summed E-state index contributed by atoms with van der Waals surface area (Å²) < 4.78 is 7.19. The van der Waals surface area contributed by atoms with Crippen LogP contribution >= 0.6 is 45.5 Å². The number of aromatic nitrogens is 1. The number of carbonyl (C=O) groups is 1. The molecule has 1 heterocycles. The lowest BCUT2D eigenvalue weighted by Gasteiger charge is -2.25. The van der Waals surface area contributed by atoms with Gasteiger partial charge in [-0.05, 0) is 59.9 Å². The number of ether oxygens (including phenoxy) is 1. The SMILES string of the molecule is CCN(CC)CCN(C(=O)c1ccccc1I)c1nc2c(OC)ccc(Cl)c2s1. The van der Waals surface area contributed by atoms with Crippen LogP contribution in [-0.2, 0) is 0 Å². The quantitative estimate of drug-likeness (QED) is 0.350. The molecule has 3 rings (SSSR count). The van der Waals surface area contributed by atoms with Crippen LogP contribution in [-0.4, -0.2) is 49.1 Å². The van der Waals surface area contributed by atoms with E-state index in [-0.39, 0.29) is 5.91 Å². The fourth-order valence-corrected chi connectivity index (χ4v) is 4.97. The number of carbonyl (C=O) groups excluding carboxylic acids is 1. The Labute approximate surface area is 193 Å². The second-order valence-electron chi connectivity index (χ2n) is 6.39. The summed E-state index contributed by atoms with van der Waals surface area (Å²) in [6.07, 6.45) is 0. The zero-order valence-corrected chi connectivity index (χ0v) is 20.3. The third-order valence-corrected chi connectivity index (χ3v) is 7.26. The first kappa shape index (κ1) is 22.3. The Bertz CT molecular complexity index is 1010. The minimum Gasteiger partial charge on any atom is -0.494 e. The first-order valence-corrected chi connectivity index (χ1v) is 11.7. The van der Waals surface area contributed by atoms with E-state index in [4.69, 9.17) is 21.3 Å². The highest BCUT2D eigenvalue weighted by molar-refractivity contribution is 14.1. The minimum atomic E-state index is -0.0590. The van der Waals surface area contributed by atoms with Crippen LogP contribution < -0.4 is 9.64 Å². The fourth-order valence-electron chi connectivity index (χ4n) is 3.07. The van der Waals surface area contributed by atoms with Crippen molar-refractivity contribution >= 4 is 66.8 Å². The topological polar surface area (TPSA) is 45.7 Å². The molecule has 0 radical (unpaired) electrons. The molecule has 0 bridgehead atoms. The summed E-state index contributed by atoms with van der Waals surface area (Å²) in [6.45, 7) is 7.42. The third-order valence-electron chi connectivity index (χ3n) is 4.78. The Morgan fingerprint density at radius 2 is 1.90 bits per heavy atom. The zero-order chi connectivity index (χ0) is 21.0. The molecule has 0 aliphatic carbocycles. The first-order valence-electron chi connectivity index (χ1n) is 9.41. The van der Waals surface area contributed by atoms with Crippen molar-refractivity contribution in [2.24, 2.45) is 0 Å². The monoisotopic (exact) mass is 543 g/mol. The lowest BCUT2D eigenvalue weighted by molar-refractivity contribution is 0.0983. The van der Waals surface area contributed by atoms with E-state index in [9.17, 15) is 4.79 Å². The highest BCUT2D eigenvalue weighted by atomic mass is 127. The number of methoxy groups -OCH3 is 1. The van der Waals surface area contributed by atoms with Crippen molar-refractivity contribution < 1.29 is 9.53 Å². The Kier molecular flexibility index (Phi) is 7.72. The summed E-state index contributed by atoms with van der Waals surface area (Å²) in [5.74, 6) is 0.591. The van der Waals surface area contributed by atoms with Crippen LogP contribution in [0.2, 0.25) is 5.02 Å². The van der Waals surface area contributed by atoms with Gasteiger partial charge in [-0.25, -0.2) is 4.98 Å². The van der Waals surface area contributed by atoms with Gasteiger partial charge in [0, 0.05) is 16.7 Å². The average Bonchev–Trinajstić information content (AvgIpc) is 3.17. The number of benzene rings is 2. The highest BCUT2D eigenvalue weighted by Gasteiger charge is 2.24. The molecule has 0 N–H and O–H groups in total. The van der Waals surface area contributed by atoms with Gasteiger partial charge in [-0.2, -0.15) is 0 Å². The van der Waals surface area contributed by atoms with Crippen LogP contribution in [0.5, 0.6) is 5.75 Å². The largest absolute Gasteiger partial charge is 0.494 e. The van der Waals surface area contributed by atoms with Crippen LogP contribution in [0.25, 0.3) is 10.2 Å². The molecule has 0 saturated heterocycles. The second-order valence-corrected chi connectivity index (χ2v) is 8.93. The first-order chi connectivity index (χ1) is 14.0. The lowest BCUT2D eigenvalue weighted by atomic mass is 10.2. The van der Waals surface area contributed by atoms with Crippen molar-refractivity contribution in [1.82, 2.24) is 9.88 Å². The maximum atomic E-state index is 13.5. The van der Waals surface area contributed by atoms with Crippen LogP contribution in [0.15, 0.2) is 36.4 Å². The maximum Gasteiger partial charge on any atom is 0.261 e. The fraction of sp³-hybridized carbons (Fsp3) is 0.333. The minimum absolute atomic E-state index is 0.0590. The Balaban J connectivity index is 2.05. The number of amides is 1. The van der Waals surface area contributed by atoms with Crippen molar-refractivity contribution in [3.05, 3.63) is 50.6 Å². The molecule has 29 heavy (non-hydrogen) atoms. The van der Waals surface area contributed by atoms with Crippen LogP contribution in [0.1, 0.15) is 24.2 Å². The van der Waals surface area contributed by atoms with Gasteiger partial charge in [0.25, 0.3) is 5.91 Å². The number of thiazole rings is 1. The Morgan fingerprint density at radius 3 is 2.55 bits per heavy atom. The highest BCUT2D eigenvalue weighted by Crippen LogP contribution is 2.39. The van der Waals surface area contributed by atoms with Crippen LogP contribution in [0, 0.1) is 3.57 Å². The smallest absolute Gasteiger partial charge is 0.261 e. The molecule has 0 saturated carbocycles. The van der Waals surface area contributed by atoms with Gasteiger partial charge in [0.05, 0.1) is 22.4 Å². The molecule has 1 amide bonds. The number of fused-ring (bicyclic) bond motifs is 1. The third kappa shape index (κ3) is 4.84. The number of hydrogen-bond acceptors (Lipinski definition) is 5. The summed E-state index contributed by atoms with van der Waals surface area (Å²) >= 11 is 10.0. The number of hydrogen-bond donors (Lipinski definition) is 0. The van der Waals surface area contributed by atoms with Gasteiger partial charge in [0.15, 0.2) is 5.13 Å². The van der Waals surface area contributed by atoms with E-state index < -0.39 is 0 Å². The van der Waals surface area contributed by atoms with Crippen LogP contribution in [0.4, 0.5) is 5.13 Å². The Morgan fingerprint density at radius 1 is 1.17 bits per heavy atom. The standard InChI is InChI=1S/C21H23ClIN3O2S/c1-4-25(5-2)12-13-26(20(27)14-8-6-7-9-16(14)23)21-24-18-17(28-3)11-10-15(22)19(18)29-21/h6-11H,4-5,12-13H2,1-3H3. The van der Waals surface area contributed by atoms with E-state index in [2.05, 4.69) is 41.3 Å². The molecule has 5 nitrogen and oxygen atoms in total. The van der Waals surface area contributed by atoms with Crippen molar-refractivity contribution in [2.75, 3.05) is 38.2 Å². The van der Waals surface area contributed by atoms with Gasteiger partial charge in [0.1, 0.15) is 11.3 Å². The molecule has 3 aromatic rings. The molecule has 0 unspecified atom stereocenters. The molecule has 0 spiro atoms. The number of rotatable bonds is 8. The van der Waals surface area contributed by atoms with E-state index in [1.165, 1.54) is 11.3 Å². The van der Waals surface area contributed by atoms with E-state index >= 15 is 0 Å². The van der Waals surface area contributed by atoms with E-state index in [1.54, 1.807) is 24.1 Å². The van der Waals surface area contributed by atoms with E-state index in [0.29, 0.717) is 33.5 Å². The van der Waals surface area contributed by atoms with Gasteiger partial charge in [-0.3, -0.25) is 9.69 Å². The number of halogens is 2. The number of nitrogens with zero attached hydrogens (tertiary/aromatic N) is 3. The van der Waals surface area contributed by atoms with Gasteiger partial charge in [0.2, 0.25) is 0 Å². The summed E-state index contributed by atoms with van der Waals surface area (Å²) in [4.78, 5) is 22.3. The van der Waals surface area contributed by atoms with Crippen molar-refractivity contribution in [1.29, 1.82) is 0 Å². The molecule has 1 aromatic heterocycles. The molecule has 2 aromatic carbocycles. The number of likely N-dealkylation sites (N-methyl/N-ethyl adjacent to an activating group) is 1. The molecule has 0 fully saturated rings. The van der Waals surface area contributed by atoms with Crippen molar-refractivity contribution in [3.63, 3.8) is 0 Å². The normalized spacial score (nSPS) is 11.2. The summed E-state index contributed by atoms with van der Waals surface area (Å²) in [5.41, 5.74) is 1.35. The second kappa shape index (κ2) is 10.1. The van der Waals surface area contributed by atoms with Gasteiger partial charge < -0.3 is 9.64 Å². The molecule has 0 aliphatic heterocycles. The van der Waals surface area contributed by atoms with Gasteiger partial charge >= 0.3 is 0 Å². The molecular formula is C21H23ClIN3O2S. The van der Waals surface area contributed by atoms with Gasteiger partial charge in [-0.15, -0.1) is 0 Å². The van der Waals surface area contributed by atoms with Crippen molar-refractivity contribution in [2.45, 2.75) is 13.8 Å². The predicted octanol–water partition coefficient (Wildman–Crippen LogP) is 5.55. The van der Waals surface area contributed by atoms with E-state index in [0.717, 1.165) is 27.9 Å². The van der Waals surface area contributed by atoms with E-state index in [1.807, 2.05) is 24.3 Å². The molecule has 0 atom stereocenters. The maximum absolute atomic E-state index is 13.5. The lowest BCUT2D eigenvalue weighted by Crippen LogP contribution is -2.39. The van der Waals surface area contributed by atoms with Gasteiger partial charge in [-0.1, -0.05) is 48.9 Å². The Hall–Kier alpha value is -1.42. The summed E-state index contributed by atoms with van der Waals surface area (Å²) in [7, 11) is 1.61. The summed E-state index contributed by atoms with van der Waals surface area (Å²) in [6, 6.07) is 11.2. The molecule has 154 valence electrons. The zero-order valence-electron chi connectivity index (χ0n) is 16.6.